The third-order valence-corrected chi connectivity index (χ3v) is 4.24. The van der Waals surface area contributed by atoms with E-state index in [1.165, 1.54) is 0 Å². The highest BCUT2D eigenvalue weighted by molar-refractivity contribution is 9.11. The van der Waals surface area contributed by atoms with Gasteiger partial charge in [0.05, 0.1) is 21.5 Å². The van der Waals surface area contributed by atoms with Gasteiger partial charge in [-0.15, -0.1) is 0 Å². The predicted molar refractivity (Wildman–Crippen MR) is 79.4 cm³/mol. The minimum atomic E-state index is -0.703. The molecule has 1 N–H and O–H groups in total. The fourth-order valence-electron chi connectivity index (χ4n) is 2.10. The van der Waals surface area contributed by atoms with Crippen LogP contribution in [0.2, 0.25) is 0 Å². The standard InChI is InChI=1S/C13H15Br2NO3/c1-2-19-12-10(14)3-8(4-11(12)15)5-16-6-9(7-16)13(17)18/h3-4,9H,2,5-7H2,1H3,(H,17,18). The largest absolute Gasteiger partial charge is 0.492 e. The number of likely N-dealkylation sites (tertiary alicyclic amines) is 1. The molecule has 0 bridgehead atoms. The van der Waals surface area contributed by atoms with Crippen LogP contribution < -0.4 is 4.74 Å². The summed E-state index contributed by atoms with van der Waals surface area (Å²) in [4.78, 5) is 12.9. The Bertz CT molecular complexity index is 464. The number of ether oxygens (including phenoxy) is 1. The molecule has 6 heteroatoms. The molecule has 4 nitrogen and oxygen atoms in total. The maximum Gasteiger partial charge on any atom is 0.309 e. The zero-order chi connectivity index (χ0) is 14.0. The van der Waals surface area contributed by atoms with E-state index >= 15 is 0 Å². The fourth-order valence-corrected chi connectivity index (χ4v) is 3.61. The lowest BCUT2D eigenvalue weighted by Gasteiger charge is -2.36. The van der Waals surface area contributed by atoms with Crippen molar-refractivity contribution >= 4 is 37.8 Å². The summed E-state index contributed by atoms with van der Waals surface area (Å²) in [5.41, 5.74) is 1.13. The number of aliphatic carboxylic acids is 1. The lowest BCUT2D eigenvalue weighted by Crippen LogP contribution is -2.49. The van der Waals surface area contributed by atoms with Crippen molar-refractivity contribution in [2.75, 3.05) is 19.7 Å². The van der Waals surface area contributed by atoms with Gasteiger partial charge in [-0.05, 0) is 56.5 Å². The quantitative estimate of drug-likeness (QED) is 0.836. The molecule has 1 aliphatic heterocycles. The normalized spacial score (nSPS) is 16.2. The maximum absolute atomic E-state index is 10.7. The molecule has 0 amide bonds. The third kappa shape index (κ3) is 3.49. The van der Waals surface area contributed by atoms with Gasteiger partial charge in [0.25, 0.3) is 0 Å². The molecule has 2 rings (SSSR count). The first-order valence-electron chi connectivity index (χ1n) is 6.07. The van der Waals surface area contributed by atoms with Gasteiger partial charge in [-0.25, -0.2) is 0 Å². The van der Waals surface area contributed by atoms with Crippen molar-refractivity contribution in [2.45, 2.75) is 13.5 Å². The van der Waals surface area contributed by atoms with Gasteiger partial charge in [-0.2, -0.15) is 0 Å². The number of carboxylic acid groups (broad SMARTS) is 1. The molecule has 0 atom stereocenters. The lowest BCUT2D eigenvalue weighted by atomic mass is 10.00. The van der Waals surface area contributed by atoms with Crippen molar-refractivity contribution in [1.82, 2.24) is 4.90 Å². The molecule has 0 spiro atoms. The second kappa shape index (κ2) is 6.24. The maximum atomic E-state index is 10.7. The summed E-state index contributed by atoms with van der Waals surface area (Å²) in [6, 6.07) is 4.04. The van der Waals surface area contributed by atoms with Crippen LogP contribution in [0.1, 0.15) is 12.5 Å². The zero-order valence-corrected chi connectivity index (χ0v) is 13.7. The molecule has 1 heterocycles. The van der Waals surface area contributed by atoms with Gasteiger partial charge in [0.1, 0.15) is 5.75 Å². The molecule has 0 saturated carbocycles. The molecule has 0 aliphatic carbocycles. The Labute approximate surface area is 129 Å². The zero-order valence-electron chi connectivity index (χ0n) is 10.5. The van der Waals surface area contributed by atoms with E-state index in [1.807, 2.05) is 19.1 Å². The third-order valence-electron chi connectivity index (χ3n) is 3.06. The van der Waals surface area contributed by atoms with Gasteiger partial charge >= 0.3 is 5.97 Å². The van der Waals surface area contributed by atoms with Gasteiger partial charge in [-0.3, -0.25) is 9.69 Å². The van der Waals surface area contributed by atoms with E-state index in [0.717, 1.165) is 26.8 Å². The van der Waals surface area contributed by atoms with Gasteiger partial charge in [-0.1, -0.05) is 0 Å². The smallest absolute Gasteiger partial charge is 0.309 e. The lowest BCUT2D eigenvalue weighted by molar-refractivity contribution is -0.147. The molecule has 0 aromatic heterocycles. The number of rotatable bonds is 5. The molecule has 1 aromatic carbocycles. The summed E-state index contributed by atoms with van der Waals surface area (Å²) < 4.78 is 7.35. The molecule has 1 aromatic rings. The minimum absolute atomic E-state index is 0.213. The summed E-state index contributed by atoms with van der Waals surface area (Å²) in [7, 11) is 0. The van der Waals surface area contributed by atoms with Crippen molar-refractivity contribution in [2.24, 2.45) is 5.92 Å². The summed E-state index contributed by atoms with van der Waals surface area (Å²) >= 11 is 6.99. The second-order valence-corrected chi connectivity index (χ2v) is 6.26. The Balaban J connectivity index is 2.01. The topological polar surface area (TPSA) is 49.8 Å². The molecule has 1 fully saturated rings. The van der Waals surface area contributed by atoms with Crippen molar-refractivity contribution < 1.29 is 14.6 Å². The van der Waals surface area contributed by atoms with Crippen molar-refractivity contribution in [1.29, 1.82) is 0 Å². The van der Waals surface area contributed by atoms with Gasteiger partial charge in [0.15, 0.2) is 0 Å². The van der Waals surface area contributed by atoms with Crippen LogP contribution in [0, 0.1) is 5.92 Å². The second-order valence-electron chi connectivity index (χ2n) is 4.55. The van der Waals surface area contributed by atoms with Crippen LogP contribution in [-0.2, 0) is 11.3 Å². The number of hydrogen-bond donors (Lipinski definition) is 1. The summed E-state index contributed by atoms with van der Waals surface area (Å²) in [5, 5.41) is 8.84. The number of carbonyl (C=O) groups is 1. The molecule has 1 saturated heterocycles. The number of benzene rings is 1. The summed E-state index contributed by atoms with van der Waals surface area (Å²) in [5.74, 6) is -0.113. The van der Waals surface area contributed by atoms with E-state index in [-0.39, 0.29) is 5.92 Å². The first kappa shape index (κ1) is 14.8. The van der Waals surface area contributed by atoms with E-state index in [0.29, 0.717) is 19.7 Å². The van der Waals surface area contributed by atoms with Crippen LogP contribution in [0.5, 0.6) is 5.75 Å². The van der Waals surface area contributed by atoms with Crippen LogP contribution in [0.3, 0.4) is 0 Å². The molecular weight excluding hydrogens is 378 g/mol. The summed E-state index contributed by atoms with van der Waals surface area (Å²) in [6.45, 7) is 4.56. The molecule has 0 radical (unpaired) electrons. The molecule has 0 unspecified atom stereocenters. The Morgan fingerprint density at radius 2 is 2.00 bits per heavy atom. The highest BCUT2D eigenvalue weighted by Crippen LogP contribution is 2.35. The monoisotopic (exact) mass is 391 g/mol. The van der Waals surface area contributed by atoms with Crippen LogP contribution in [0.25, 0.3) is 0 Å². The number of halogens is 2. The van der Waals surface area contributed by atoms with Gasteiger partial charge < -0.3 is 9.84 Å². The molecule has 104 valence electrons. The van der Waals surface area contributed by atoms with Crippen LogP contribution in [-0.4, -0.2) is 35.7 Å². The van der Waals surface area contributed by atoms with Crippen LogP contribution in [0.4, 0.5) is 0 Å². The van der Waals surface area contributed by atoms with E-state index in [2.05, 4.69) is 36.8 Å². The van der Waals surface area contributed by atoms with E-state index in [4.69, 9.17) is 9.84 Å². The first-order chi connectivity index (χ1) is 9.01. The highest BCUT2D eigenvalue weighted by Gasteiger charge is 2.32. The average Bonchev–Trinajstić information content (AvgIpc) is 2.27. The van der Waals surface area contributed by atoms with Crippen molar-refractivity contribution in [3.05, 3.63) is 26.6 Å². The Morgan fingerprint density at radius 1 is 1.42 bits per heavy atom. The summed E-state index contributed by atoms with van der Waals surface area (Å²) in [6.07, 6.45) is 0. The minimum Gasteiger partial charge on any atom is -0.492 e. The number of nitrogens with zero attached hydrogens (tertiary/aromatic N) is 1. The SMILES string of the molecule is CCOc1c(Br)cc(CN2CC(C(=O)O)C2)cc1Br. The van der Waals surface area contributed by atoms with E-state index in [1.54, 1.807) is 0 Å². The Kier molecular flexibility index (Phi) is 4.86. The molecular formula is C13H15Br2NO3. The highest BCUT2D eigenvalue weighted by atomic mass is 79.9. The van der Waals surface area contributed by atoms with Crippen LogP contribution >= 0.6 is 31.9 Å². The fraction of sp³-hybridized carbons (Fsp3) is 0.462. The Hall–Kier alpha value is -0.590. The average molecular weight is 393 g/mol. The Morgan fingerprint density at radius 3 is 2.47 bits per heavy atom. The molecule has 1 aliphatic rings. The van der Waals surface area contributed by atoms with E-state index in [9.17, 15) is 4.79 Å². The van der Waals surface area contributed by atoms with Gasteiger partial charge in [0.2, 0.25) is 0 Å². The predicted octanol–water partition coefficient (Wildman–Crippen LogP) is 3.13. The van der Waals surface area contributed by atoms with Gasteiger partial charge in [0, 0.05) is 19.6 Å². The molecule has 19 heavy (non-hydrogen) atoms. The van der Waals surface area contributed by atoms with Crippen molar-refractivity contribution in [3.8, 4) is 5.75 Å². The number of carboxylic acids is 1. The van der Waals surface area contributed by atoms with Crippen LogP contribution in [0.15, 0.2) is 21.1 Å². The van der Waals surface area contributed by atoms with E-state index < -0.39 is 5.97 Å². The first-order valence-corrected chi connectivity index (χ1v) is 7.65. The van der Waals surface area contributed by atoms with Crippen molar-refractivity contribution in [3.63, 3.8) is 0 Å². The number of hydrogen-bond acceptors (Lipinski definition) is 3.